The Bertz CT molecular complexity index is 264. The van der Waals surface area contributed by atoms with Crippen LogP contribution in [-0.4, -0.2) is 41.1 Å². The molecule has 4 heteroatoms. The Hall–Kier alpha value is -0.610. The lowest BCUT2D eigenvalue weighted by Gasteiger charge is -2.41. The summed E-state index contributed by atoms with van der Waals surface area (Å²) in [6.07, 6.45) is 3.16. The first-order chi connectivity index (χ1) is 7.90. The molecule has 1 atom stereocenters. The van der Waals surface area contributed by atoms with Gasteiger partial charge in [-0.3, -0.25) is 4.79 Å². The van der Waals surface area contributed by atoms with Gasteiger partial charge in [0.2, 0.25) is 5.91 Å². The van der Waals surface area contributed by atoms with Gasteiger partial charge in [0.1, 0.15) is 0 Å². The van der Waals surface area contributed by atoms with Crippen LogP contribution < -0.4 is 5.73 Å². The van der Waals surface area contributed by atoms with Crippen molar-refractivity contribution >= 4 is 5.91 Å². The fourth-order valence-electron chi connectivity index (χ4n) is 2.66. The molecule has 100 valence electrons. The van der Waals surface area contributed by atoms with Crippen molar-refractivity contribution in [2.75, 3.05) is 19.6 Å². The molecule has 17 heavy (non-hydrogen) atoms. The van der Waals surface area contributed by atoms with Crippen molar-refractivity contribution in [2.45, 2.75) is 52.1 Å². The molecule has 0 radical (unpaired) electrons. The fourth-order valence-corrected chi connectivity index (χ4v) is 2.66. The Balaban J connectivity index is 2.81. The molecular weight excluding hydrogens is 216 g/mol. The van der Waals surface area contributed by atoms with E-state index in [1.165, 1.54) is 0 Å². The molecule has 1 heterocycles. The van der Waals surface area contributed by atoms with Crippen molar-refractivity contribution in [3.63, 3.8) is 0 Å². The van der Waals surface area contributed by atoms with E-state index in [1.54, 1.807) is 11.8 Å². The minimum absolute atomic E-state index is 0.116. The summed E-state index contributed by atoms with van der Waals surface area (Å²) in [5.74, 6) is 0.116. The lowest BCUT2D eigenvalue weighted by atomic mass is 9.80. The number of nitrogens with zero attached hydrogens (tertiary/aromatic N) is 1. The zero-order valence-corrected chi connectivity index (χ0v) is 11.3. The average molecular weight is 242 g/mol. The molecular formula is C13H26N2O2. The van der Waals surface area contributed by atoms with Crippen LogP contribution in [0.2, 0.25) is 0 Å². The Labute approximate surface area is 104 Å². The normalized spacial score (nSPS) is 26.1. The predicted molar refractivity (Wildman–Crippen MR) is 68.5 cm³/mol. The number of β-amino-alcohol motifs (C(OH)–C–C–N with tert-alkyl or cyclic N) is 1. The van der Waals surface area contributed by atoms with Gasteiger partial charge in [-0.2, -0.15) is 0 Å². The van der Waals surface area contributed by atoms with Crippen molar-refractivity contribution in [1.29, 1.82) is 0 Å². The lowest BCUT2D eigenvalue weighted by molar-refractivity contribution is -0.148. The lowest BCUT2D eigenvalue weighted by Crippen LogP contribution is -2.54. The molecule has 1 aliphatic rings. The van der Waals surface area contributed by atoms with E-state index in [2.05, 4.69) is 0 Å². The summed E-state index contributed by atoms with van der Waals surface area (Å²) < 4.78 is 0. The fraction of sp³-hybridized carbons (Fsp3) is 0.923. The summed E-state index contributed by atoms with van der Waals surface area (Å²) in [7, 11) is 0. The average Bonchev–Trinajstić information content (AvgIpc) is 2.30. The summed E-state index contributed by atoms with van der Waals surface area (Å²) >= 11 is 0. The van der Waals surface area contributed by atoms with Crippen molar-refractivity contribution in [2.24, 2.45) is 11.1 Å². The van der Waals surface area contributed by atoms with Crippen molar-refractivity contribution < 1.29 is 9.90 Å². The summed E-state index contributed by atoms with van der Waals surface area (Å²) in [4.78, 5) is 14.3. The molecule has 1 aliphatic heterocycles. The Kier molecular flexibility index (Phi) is 4.55. The molecule has 4 nitrogen and oxygen atoms in total. The van der Waals surface area contributed by atoms with Crippen LogP contribution >= 0.6 is 0 Å². The molecule has 0 aromatic heterocycles. The van der Waals surface area contributed by atoms with Gasteiger partial charge in [0.05, 0.1) is 11.0 Å². The number of aliphatic hydroxyl groups is 1. The van der Waals surface area contributed by atoms with Crippen LogP contribution in [0.1, 0.15) is 46.5 Å². The Morgan fingerprint density at radius 1 is 1.47 bits per heavy atom. The van der Waals surface area contributed by atoms with Gasteiger partial charge in [0.15, 0.2) is 0 Å². The van der Waals surface area contributed by atoms with Crippen LogP contribution in [0.25, 0.3) is 0 Å². The van der Waals surface area contributed by atoms with E-state index in [1.807, 2.05) is 13.8 Å². The van der Waals surface area contributed by atoms with E-state index in [0.717, 1.165) is 32.2 Å². The number of hydrogen-bond acceptors (Lipinski definition) is 3. The minimum Gasteiger partial charge on any atom is -0.388 e. The van der Waals surface area contributed by atoms with Gasteiger partial charge in [-0.25, -0.2) is 0 Å². The Morgan fingerprint density at radius 2 is 2.06 bits per heavy atom. The molecule has 0 saturated carbocycles. The maximum Gasteiger partial charge on any atom is 0.230 e. The van der Waals surface area contributed by atoms with Crippen LogP contribution in [0.5, 0.6) is 0 Å². The summed E-state index contributed by atoms with van der Waals surface area (Å²) in [5.41, 5.74) is 4.62. The molecule has 3 N–H and O–H groups in total. The summed E-state index contributed by atoms with van der Waals surface area (Å²) in [6, 6.07) is 0. The molecule has 1 fully saturated rings. The van der Waals surface area contributed by atoms with Gasteiger partial charge in [0.25, 0.3) is 0 Å². The van der Waals surface area contributed by atoms with Gasteiger partial charge < -0.3 is 15.7 Å². The quantitative estimate of drug-likeness (QED) is 0.776. The van der Waals surface area contributed by atoms with Crippen LogP contribution in [0.4, 0.5) is 0 Å². The predicted octanol–water partition coefficient (Wildman–Crippen LogP) is 1.12. The first kappa shape index (κ1) is 14.5. The topological polar surface area (TPSA) is 66.6 Å². The van der Waals surface area contributed by atoms with Crippen molar-refractivity contribution in [1.82, 2.24) is 4.90 Å². The van der Waals surface area contributed by atoms with Crippen LogP contribution in [0, 0.1) is 5.41 Å². The number of piperidine rings is 1. The third-order valence-electron chi connectivity index (χ3n) is 4.16. The third-order valence-corrected chi connectivity index (χ3v) is 4.16. The molecule has 1 unspecified atom stereocenters. The molecule has 1 amide bonds. The zero-order chi connectivity index (χ0) is 13.1. The van der Waals surface area contributed by atoms with E-state index < -0.39 is 11.0 Å². The van der Waals surface area contributed by atoms with Gasteiger partial charge in [-0.05, 0) is 32.6 Å². The molecule has 0 spiro atoms. The second kappa shape index (κ2) is 5.36. The highest BCUT2D eigenvalue weighted by molar-refractivity contribution is 5.83. The highest BCUT2D eigenvalue weighted by atomic mass is 16.3. The number of nitrogens with two attached hydrogens (primary N) is 1. The maximum atomic E-state index is 12.5. The van der Waals surface area contributed by atoms with Crippen LogP contribution in [0.15, 0.2) is 0 Å². The number of likely N-dealkylation sites (tertiary alicyclic amines) is 1. The molecule has 1 rings (SSSR count). The third kappa shape index (κ3) is 2.99. The van der Waals surface area contributed by atoms with E-state index in [9.17, 15) is 9.90 Å². The standard InChI is InChI=1S/C13H26N2O2/c1-4-13(5-2,9-14)11(16)15-8-6-7-12(3,17)10-15/h17H,4-10,14H2,1-3H3. The van der Waals surface area contributed by atoms with Crippen LogP contribution in [0.3, 0.4) is 0 Å². The number of carbonyl (C=O) groups is 1. The van der Waals surface area contributed by atoms with Gasteiger partial charge >= 0.3 is 0 Å². The number of amides is 1. The van der Waals surface area contributed by atoms with Crippen molar-refractivity contribution in [3.8, 4) is 0 Å². The highest BCUT2D eigenvalue weighted by Crippen LogP contribution is 2.30. The molecule has 1 saturated heterocycles. The Morgan fingerprint density at radius 3 is 2.47 bits per heavy atom. The number of rotatable bonds is 4. The second-order valence-corrected chi connectivity index (χ2v) is 5.52. The van der Waals surface area contributed by atoms with Crippen molar-refractivity contribution in [3.05, 3.63) is 0 Å². The first-order valence-electron chi connectivity index (χ1n) is 6.62. The summed E-state index contributed by atoms with van der Waals surface area (Å²) in [6.45, 7) is 7.39. The first-order valence-corrected chi connectivity index (χ1v) is 6.62. The zero-order valence-electron chi connectivity index (χ0n) is 11.3. The van der Waals surface area contributed by atoms with Gasteiger partial charge in [-0.1, -0.05) is 13.8 Å². The molecule has 0 aliphatic carbocycles. The molecule has 0 aromatic rings. The molecule has 0 aromatic carbocycles. The van der Waals surface area contributed by atoms with Crippen LogP contribution in [-0.2, 0) is 4.79 Å². The largest absolute Gasteiger partial charge is 0.388 e. The second-order valence-electron chi connectivity index (χ2n) is 5.52. The summed E-state index contributed by atoms with van der Waals surface area (Å²) in [5, 5.41) is 10.1. The maximum absolute atomic E-state index is 12.5. The van der Waals surface area contributed by atoms with E-state index in [0.29, 0.717) is 13.1 Å². The van der Waals surface area contributed by atoms with Gasteiger partial charge in [0, 0.05) is 19.6 Å². The smallest absolute Gasteiger partial charge is 0.230 e. The highest BCUT2D eigenvalue weighted by Gasteiger charge is 2.40. The van der Waals surface area contributed by atoms with E-state index in [-0.39, 0.29) is 5.91 Å². The monoisotopic (exact) mass is 242 g/mol. The molecule has 0 bridgehead atoms. The van der Waals surface area contributed by atoms with E-state index in [4.69, 9.17) is 5.73 Å². The van der Waals surface area contributed by atoms with E-state index >= 15 is 0 Å². The number of carbonyl (C=O) groups excluding carboxylic acids is 1. The SMILES string of the molecule is CCC(CC)(CN)C(=O)N1CCCC(C)(O)C1. The van der Waals surface area contributed by atoms with Gasteiger partial charge in [-0.15, -0.1) is 0 Å². The number of hydrogen-bond donors (Lipinski definition) is 2. The minimum atomic E-state index is -0.740.